The molecule has 74 valence electrons. The normalized spacial score (nSPS) is 24.4. The molecule has 0 radical (unpaired) electrons. The molecule has 1 aromatic rings. The van der Waals surface area contributed by atoms with Crippen LogP contribution in [0.4, 0.5) is 4.79 Å². The summed E-state index contributed by atoms with van der Waals surface area (Å²) in [6, 6.07) is 7.33. The molecular formula is C10H12N2O2. The number of carbonyl (C=O) groups is 1. The Hall–Kier alpha value is -1.55. The van der Waals surface area contributed by atoms with Gasteiger partial charge in [-0.1, -0.05) is 24.3 Å². The topological polar surface area (TPSA) is 75.3 Å². The van der Waals surface area contributed by atoms with Gasteiger partial charge in [0.2, 0.25) is 0 Å². The van der Waals surface area contributed by atoms with Crippen LogP contribution < -0.4 is 11.1 Å². The molecule has 1 amide bonds. The highest BCUT2D eigenvalue weighted by molar-refractivity contribution is 5.66. The van der Waals surface area contributed by atoms with Crippen LogP contribution in [0.2, 0.25) is 0 Å². The van der Waals surface area contributed by atoms with E-state index >= 15 is 0 Å². The molecule has 1 aliphatic rings. The first-order chi connectivity index (χ1) is 6.68. The van der Waals surface area contributed by atoms with Crippen LogP contribution in [0.1, 0.15) is 17.2 Å². The average molecular weight is 192 g/mol. The van der Waals surface area contributed by atoms with Gasteiger partial charge < -0.3 is 16.2 Å². The minimum atomic E-state index is -1.03. The lowest BCUT2D eigenvalue weighted by Crippen LogP contribution is -2.37. The van der Waals surface area contributed by atoms with E-state index < -0.39 is 6.09 Å². The summed E-state index contributed by atoms with van der Waals surface area (Å²) in [7, 11) is 0. The molecule has 4 heteroatoms. The summed E-state index contributed by atoms with van der Waals surface area (Å²) >= 11 is 0. The van der Waals surface area contributed by atoms with Gasteiger partial charge in [0.15, 0.2) is 0 Å². The number of hydrogen-bond donors (Lipinski definition) is 3. The Bertz CT molecular complexity index is 365. The van der Waals surface area contributed by atoms with E-state index in [-0.39, 0.29) is 12.1 Å². The smallest absolute Gasteiger partial charge is 0.405 e. The second-order valence-corrected chi connectivity index (χ2v) is 3.49. The van der Waals surface area contributed by atoms with E-state index in [1.807, 2.05) is 24.3 Å². The SMILES string of the molecule is N[C@H]1Cc2ccccc2[C@@H]1NC(=O)O. The van der Waals surface area contributed by atoms with Crippen molar-refractivity contribution >= 4 is 6.09 Å². The van der Waals surface area contributed by atoms with E-state index in [4.69, 9.17) is 10.8 Å². The van der Waals surface area contributed by atoms with Crippen molar-refractivity contribution < 1.29 is 9.90 Å². The van der Waals surface area contributed by atoms with Gasteiger partial charge >= 0.3 is 6.09 Å². The number of nitrogens with one attached hydrogen (secondary N) is 1. The lowest BCUT2D eigenvalue weighted by atomic mass is 10.1. The summed E-state index contributed by atoms with van der Waals surface area (Å²) in [5.74, 6) is 0. The van der Waals surface area contributed by atoms with E-state index in [1.165, 1.54) is 0 Å². The summed E-state index contributed by atoms with van der Waals surface area (Å²) < 4.78 is 0. The molecule has 4 nitrogen and oxygen atoms in total. The van der Waals surface area contributed by atoms with Crippen molar-refractivity contribution in [1.82, 2.24) is 5.32 Å². The summed E-state index contributed by atoms with van der Waals surface area (Å²) in [4.78, 5) is 10.5. The molecule has 4 N–H and O–H groups in total. The zero-order chi connectivity index (χ0) is 10.1. The van der Waals surface area contributed by atoms with E-state index in [9.17, 15) is 4.79 Å². The molecule has 2 atom stereocenters. The van der Waals surface area contributed by atoms with Gasteiger partial charge in [0.1, 0.15) is 0 Å². The van der Waals surface area contributed by atoms with Crippen molar-refractivity contribution in [2.45, 2.75) is 18.5 Å². The second kappa shape index (κ2) is 3.31. The Kier molecular flexibility index (Phi) is 2.13. The van der Waals surface area contributed by atoms with Crippen LogP contribution in [0.25, 0.3) is 0 Å². The third-order valence-corrected chi connectivity index (χ3v) is 2.55. The van der Waals surface area contributed by atoms with Gasteiger partial charge in [0.05, 0.1) is 6.04 Å². The van der Waals surface area contributed by atoms with Crippen molar-refractivity contribution in [2.24, 2.45) is 5.73 Å². The molecule has 0 bridgehead atoms. The maximum atomic E-state index is 10.5. The fraction of sp³-hybridized carbons (Fsp3) is 0.300. The number of rotatable bonds is 1. The number of fused-ring (bicyclic) bond motifs is 1. The minimum Gasteiger partial charge on any atom is -0.465 e. The maximum Gasteiger partial charge on any atom is 0.405 e. The van der Waals surface area contributed by atoms with Crippen LogP contribution >= 0.6 is 0 Å². The van der Waals surface area contributed by atoms with Crippen molar-refractivity contribution in [2.75, 3.05) is 0 Å². The Morgan fingerprint density at radius 3 is 2.93 bits per heavy atom. The number of benzene rings is 1. The van der Waals surface area contributed by atoms with E-state index in [0.29, 0.717) is 0 Å². The Morgan fingerprint density at radius 1 is 1.50 bits per heavy atom. The molecule has 0 aliphatic heterocycles. The number of nitrogens with two attached hydrogens (primary N) is 1. The van der Waals surface area contributed by atoms with Crippen molar-refractivity contribution in [3.63, 3.8) is 0 Å². The largest absolute Gasteiger partial charge is 0.465 e. The van der Waals surface area contributed by atoms with E-state index in [2.05, 4.69) is 5.32 Å². The van der Waals surface area contributed by atoms with Gasteiger partial charge in [0, 0.05) is 6.04 Å². The molecule has 0 saturated heterocycles. The van der Waals surface area contributed by atoms with Crippen molar-refractivity contribution in [1.29, 1.82) is 0 Å². The molecule has 0 unspecified atom stereocenters. The van der Waals surface area contributed by atoms with Crippen LogP contribution in [-0.4, -0.2) is 17.2 Å². The average Bonchev–Trinajstić information content (AvgIpc) is 2.43. The quantitative estimate of drug-likeness (QED) is 0.618. The first-order valence-electron chi connectivity index (χ1n) is 4.51. The Labute approximate surface area is 81.7 Å². The zero-order valence-electron chi connectivity index (χ0n) is 7.60. The number of amides is 1. The van der Waals surface area contributed by atoms with Crippen molar-refractivity contribution in [3.8, 4) is 0 Å². The zero-order valence-corrected chi connectivity index (χ0v) is 7.60. The first kappa shape index (κ1) is 9.02. The third kappa shape index (κ3) is 1.44. The predicted octanol–water partition coefficient (Wildman–Crippen LogP) is 0.879. The predicted molar refractivity (Wildman–Crippen MR) is 52.0 cm³/mol. The second-order valence-electron chi connectivity index (χ2n) is 3.49. The molecule has 1 aliphatic carbocycles. The van der Waals surface area contributed by atoms with Gasteiger partial charge in [0.25, 0.3) is 0 Å². The number of carboxylic acid groups (broad SMARTS) is 1. The van der Waals surface area contributed by atoms with Crippen LogP contribution in [0.5, 0.6) is 0 Å². The molecular weight excluding hydrogens is 180 g/mol. The van der Waals surface area contributed by atoms with Crippen LogP contribution in [0.3, 0.4) is 0 Å². The molecule has 2 rings (SSSR count). The summed E-state index contributed by atoms with van der Waals surface area (Å²) in [5, 5.41) is 11.1. The highest BCUT2D eigenvalue weighted by atomic mass is 16.4. The van der Waals surface area contributed by atoms with Gasteiger partial charge in [-0.25, -0.2) is 4.79 Å². The fourth-order valence-corrected chi connectivity index (χ4v) is 1.94. The molecule has 0 spiro atoms. The first-order valence-corrected chi connectivity index (χ1v) is 4.51. The van der Waals surface area contributed by atoms with Crippen LogP contribution in [0, 0.1) is 0 Å². The highest BCUT2D eigenvalue weighted by Gasteiger charge is 2.30. The van der Waals surface area contributed by atoms with E-state index in [1.54, 1.807) is 0 Å². The molecule has 0 saturated carbocycles. The maximum absolute atomic E-state index is 10.5. The number of hydrogen-bond acceptors (Lipinski definition) is 2. The van der Waals surface area contributed by atoms with Crippen molar-refractivity contribution in [3.05, 3.63) is 35.4 Å². The van der Waals surface area contributed by atoms with Crippen LogP contribution in [0.15, 0.2) is 24.3 Å². The summed E-state index contributed by atoms with van der Waals surface area (Å²) in [5.41, 5.74) is 7.99. The van der Waals surface area contributed by atoms with Gasteiger partial charge in [-0.3, -0.25) is 0 Å². The lowest BCUT2D eigenvalue weighted by Gasteiger charge is -2.16. The standard InChI is InChI=1S/C10H12N2O2/c11-8-5-6-3-1-2-4-7(6)9(8)12-10(13)14/h1-4,8-9,12H,5,11H2,(H,13,14)/t8-,9-/m0/s1. The third-order valence-electron chi connectivity index (χ3n) is 2.55. The van der Waals surface area contributed by atoms with Gasteiger partial charge in [-0.15, -0.1) is 0 Å². The molecule has 0 heterocycles. The fourth-order valence-electron chi connectivity index (χ4n) is 1.94. The van der Waals surface area contributed by atoms with E-state index in [0.717, 1.165) is 17.5 Å². The minimum absolute atomic E-state index is 0.150. The summed E-state index contributed by atoms with van der Waals surface area (Å²) in [6.45, 7) is 0. The molecule has 1 aromatic carbocycles. The van der Waals surface area contributed by atoms with Gasteiger partial charge in [-0.2, -0.15) is 0 Å². The Balaban J connectivity index is 2.30. The highest BCUT2D eigenvalue weighted by Crippen LogP contribution is 2.29. The monoisotopic (exact) mass is 192 g/mol. The molecule has 0 aromatic heterocycles. The molecule has 0 fully saturated rings. The Morgan fingerprint density at radius 2 is 2.21 bits per heavy atom. The van der Waals surface area contributed by atoms with Gasteiger partial charge in [-0.05, 0) is 17.5 Å². The van der Waals surface area contributed by atoms with Crippen LogP contribution in [-0.2, 0) is 6.42 Å². The lowest BCUT2D eigenvalue weighted by molar-refractivity contribution is 0.188. The summed E-state index contributed by atoms with van der Waals surface area (Å²) in [6.07, 6.45) is -0.289. The molecule has 14 heavy (non-hydrogen) atoms.